The first kappa shape index (κ1) is 15.7. The number of nitrogens with zero attached hydrogens (tertiary/aromatic N) is 2. The standard InChI is InChI=1S/C10H16N4OS2.ClH/c1-3-16-10-14-13-9(17-10)12-8(15)6(2)7-4-11-5-7;/h6-7,11H,3-5H2,1-2H3,(H,12,13,15);1H. The van der Waals surface area contributed by atoms with Crippen molar-refractivity contribution in [3.8, 4) is 0 Å². The van der Waals surface area contributed by atoms with Crippen molar-refractivity contribution in [1.29, 1.82) is 0 Å². The Morgan fingerprint density at radius 1 is 1.61 bits per heavy atom. The maximum absolute atomic E-state index is 11.9. The maximum atomic E-state index is 11.9. The van der Waals surface area contributed by atoms with Crippen LogP contribution in [0.4, 0.5) is 5.13 Å². The monoisotopic (exact) mass is 308 g/mol. The molecule has 2 heterocycles. The molecule has 1 amide bonds. The Kier molecular flexibility index (Phi) is 6.34. The SMILES string of the molecule is CCSc1nnc(NC(=O)C(C)C2CNC2)s1.Cl. The van der Waals surface area contributed by atoms with Crippen LogP contribution in [0.1, 0.15) is 13.8 Å². The van der Waals surface area contributed by atoms with Crippen LogP contribution in [-0.2, 0) is 4.79 Å². The van der Waals surface area contributed by atoms with Gasteiger partial charge >= 0.3 is 0 Å². The Labute approximate surface area is 121 Å². The molecule has 1 aliphatic heterocycles. The zero-order valence-corrected chi connectivity index (χ0v) is 12.8. The lowest BCUT2D eigenvalue weighted by atomic mass is 9.88. The van der Waals surface area contributed by atoms with Gasteiger partial charge in [-0.15, -0.1) is 22.6 Å². The summed E-state index contributed by atoms with van der Waals surface area (Å²) in [5, 5.41) is 14.6. The number of amides is 1. The molecule has 8 heteroatoms. The third-order valence-corrected chi connectivity index (χ3v) is 4.69. The topological polar surface area (TPSA) is 66.9 Å². The quantitative estimate of drug-likeness (QED) is 0.642. The number of hydrogen-bond donors (Lipinski definition) is 2. The largest absolute Gasteiger partial charge is 0.316 e. The van der Waals surface area contributed by atoms with Crippen molar-refractivity contribution in [3.63, 3.8) is 0 Å². The third-order valence-electron chi connectivity index (χ3n) is 2.84. The van der Waals surface area contributed by atoms with Gasteiger partial charge in [0.15, 0.2) is 4.34 Å². The van der Waals surface area contributed by atoms with Crippen LogP contribution < -0.4 is 10.6 Å². The van der Waals surface area contributed by atoms with Crippen LogP contribution in [0, 0.1) is 11.8 Å². The van der Waals surface area contributed by atoms with Gasteiger partial charge in [-0.1, -0.05) is 36.9 Å². The van der Waals surface area contributed by atoms with Crippen LogP contribution in [0.25, 0.3) is 0 Å². The Bertz CT molecular complexity index is 397. The van der Waals surface area contributed by atoms with E-state index >= 15 is 0 Å². The summed E-state index contributed by atoms with van der Waals surface area (Å²) in [7, 11) is 0. The highest BCUT2D eigenvalue weighted by atomic mass is 35.5. The zero-order valence-electron chi connectivity index (χ0n) is 10.3. The fraction of sp³-hybridized carbons (Fsp3) is 0.700. The number of carbonyl (C=O) groups is 1. The summed E-state index contributed by atoms with van der Waals surface area (Å²) < 4.78 is 0.903. The maximum Gasteiger partial charge on any atom is 0.229 e. The van der Waals surface area contributed by atoms with E-state index in [-0.39, 0.29) is 24.2 Å². The van der Waals surface area contributed by atoms with Gasteiger partial charge in [0.2, 0.25) is 11.0 Å². The molecule has 0 aliphatic carbocycles. The lowest BCUT2D eigenvalue weighted by molar-refractivity contribution is -0.121. The fourth-order valence-electron chi connectivity index (χ4n) is 1.54. The van der Waals surface area contributed by atoms with Crippen molar-refractivity contribution >= 4 is 46.5 Å². The van der Waals surface area contributed by atoms with Crippen LogP contribution in [0.5, 0.6) is 0 Å². The number of halogens is 1. The summed E-state index contributed by atoms with van der Waals surface area (Å²) in [6.45, 7) is 5.89. The second kappa shape index (κ2) is 7.28. The molecule has 1 atom stereocenters. The Balaban J connectivity index is 0.00000162. The molecule has 1 saturated heterocycles. The number of rotatable bonds is 5. The highest BCUT2D eigenvalue weighted by Crippen LogP contribution is 2.26. The van der Waals surface area contributed by atoms with E-state index in [1.165, 1.54) is 11.3 Å². The molecule has 1 aromatic heterocycles. The smallest absolute Gasteiger partial charge is 0.229 e. The second-order valence-corrected chi connectivity index (χ2v) is 6.49. The molecular weight excluding hydrogens is 292 g/mol. The molecule has 0 spiro atoms. The zero-order chi connectivity index (χ0) is 12.3. The van der Waals surface area contributed by atoms with Crippen LogP contribution in [0.2, 0.25) is 0 Å². The normalized spacial score (nSPS) is 16.6. The predicted octanol–water partition coefficient (Wildman–Crippen LogP) is 1.87. The lowest BCUT2D eigenvalue weighted by Crippen LogP contribution is -2.48. The average molecular weight is 309 g/mol. The van der Waals surface area contributed by atoms with E-state index in [4.69, 9.17) is 0 Å². The first-order valence-electron chi connectivity index (χ1n) is 5.68. The van der Waals surface area contributed by atoms with E-state index in [1.807, 2.05) is 6.92 Å². The Morgan fingerprint density at radius 3 is 2.89 bits per heavy atom. The van der Waals surface area contributed by atoms with Crippen molar-refractivity contribution in [2.24, 2.45) is 11.8 Å². The summed E-state index contributed by atoms with van der Waals surface area (Å²) >= 11 is 3.07. The summed E-state index contributed by atoms with van der Waals surface area (Å²) in [4.78, 5) is 11.9. The minimum atomic E-state index is 0. The fourth-order valence-corrected chi connectivity index (χ4v) is 3.19. The molecule has 1 unspecified atom stereocenters. The molecule has 18 heavy (non-hydrogen) atoms. The number of hydrogen-bond acceptors (Lipinski definition) is 6. The number of thioether (sulfide) groups is 1. The predicted molar refractivity (Wildman–Crippen MR) is 77.7 cm³/mol. The molecular formula is C10H17ClN4OS2. The van der Waals surface area contributed by atoms with Gasteiger partial charge in [0.05, 0.1) is 0 Å². The minimum absolute atomic E-state index is 0. The Morgan fingerprint density at radius 2 is 2.33 bits per heavy atom. The van der Waals surface area contributed by atoms with Crippen molar-refractivity contribution in [2.45, 2.75) is 18.2 Å². The summed E-state index contributed by atoms with van der Waals surface area (Å²) in [5.74, 6) is 1.49. The Hall–Kier alpha value is -0.370. The van der Waals surface area contributed by atoms with Crippen molar-refractivity contribution in [1.82, 2.24) is 15.5 Å². The molecule has 0 bridgehead atoms. The first-order valence-corrected chi connectivity index (χ1v) is 7.48. The molecule has 0 saturated carbocycles. The molecule has 0 aromatic carbocycles. The van der Waals surface area contributed by atoms with Crippen molar-refractivity contribution < 1.29 is 4.79 Å². The second-order valence-electron chi connectivity index (χ2n) is 4.00. The molecule has 1 fully saturated rings. The molecule has 1 aromatic rings. The van der Waals surface area contributed by atoms with E-state index in [0.717, 1.165) is 23.2 Å². The van der Waals surface area contributed by atoms with Crippen molar-refractivity contribution in [3.05, 3.63) is 0 Å². The van der Waals surface area contributed by atoms with Gasteiger partial charge in [-0.2, -0.15) is 0 Å². The van der Waals surface area contributed by atoms with E-state index in [0.29, 0.717) is 11.0 Å². The van der Waals surface area contributed by atoms with Crippen LogP contribution in [-0.4, -0.2) is 34.9 Å². The molecule has 102 valence electrons. The van der Waals surface area contributed by atoms with E-state index in [1.54, 1.807) is 11.8 Å². The number of carbonyl (C=O) groups excluding carboxylic acids is 1. The summed E-state index contributed by atoms with van der Waals surface area (Å²) in [6.07, 6.45) is 0. The van der Waals surface area contributed by atoms with E-state index in [2.05, 4.69) is 27.8 Å². The van der Waals surface area contributed by atoms with Gasteiger partial charge < -0.3 is 10.6 Å². The molecule has 0 radical (unpaired) electrons. The first-order chi connectivity index (χ1) is 8.20. The molecule has 2 N–H and O–H groups in total. The van der Waals surface area contributed by atoms with Gasteiger partial charge in [0.1, 0.15) is 0 Å². The number of aromatic nitrogens is 2. The van der Waals surface area contributed by atoms with Gasteiger partial charge in [-0.3, -0.25) is 4.79 Å². The van der Waals surface area contributed by atoms with Crippen LogP contribution >= 0.6 is 35.5 Å². The molecule has 5 nitrogen and oxygen atoms in total. The summed E-state index contributed by atoms with van der Waals surface area (Å²) in [6, 6.07) is 0. The lowest BCUT2D eigenvalue weighted by Gasteiger charge is -2.31. The van der Waals surface area contributed by atoms with Gasteiger partial charge in [0.25, 0.3) is 0 Å². The minimum Gasteiger partial charge on any atom is -0.316 e. The highest BCUT2D eigenvalue weighted by Gasteiger charge is 2.29. The number of anilines is 1. The highest BCUT2D eigenvalue weighted by molar-refractivity contribution is 8.01. The van der Waals surface area contributed by atoms with Gasteiger partial charge in [-0.05, 0) is 24.8 Å². The third kappa shape index (κ3) is 3.81. The van der Waals surface area contributed by atoms with E-state index in [9.17, 15) is 4.79 Å². The van der Waals surface area contributed by atoms with Crippen molar-refractivity contribution in [2.75, 3.05) is 24.2 Å². The van der Waals surface area contributed by atoms with Crippen LogP contribution in [0.15, 0.2) is 4.34 Å². The summed E-state index contributed by atoms with van der Waals surface area (Å²) in [5.41, 5.74) is 0. The molecule has 2 rings (SSSR count). The van der Waals surface area contributed by atoms with E-state index < -0.39 is 0 Å². The number of nitrogens with one attached hydrogen (secondary N) is 2. The van der Waals surface area contributed by atoms with Gasteiger partial charge in [0, 0.05) is 5.92 Å². The van der Waals surface area contributed by atoms with Crippen LogP contribution in [0.3, 0.4) is 0 Å². The molecule has 1 aliphatic rings. The average Bonchev–Trinajstić information content (AvgIpc) is 2.63. The van der Waals surface area contributed by atoms with Gasteiger partial charge in [-0.25, -0.2) is 0 Å².